The van der Waals surface area contributed by atoms with E-state index in [0.29, 0.717) is 12.8 Å². The normalized spacial score (nSPS) is 12.8. The van der Waals surface area contributed by atoms with E-state index in [4.69, 9.17) is 5.73 Å². The van der Waals surface area contributed by atoms with Crippen LogP contribution in [0.3, 0.4) is 0 Å². The molecule has 0 unspecified atom stereocenters. The van der Waals surface area contributed by atoms with Crippen LogP contribution in [-0.4, -0.2) is 26.7 Å². The van der Waals surface area contributed by atoms with Gasteiger partial charge in [-0.2, -0.15) is 13.2 Å². The SMILES string of the molecule is CCC(N)(CC)CNS(=O)(=O)c1ccc(CC(F)(F)F)cc1.Cl. The maximum absolute atomic E-state index is 12.3. The van der Waals surface area contributed by atoms with Gasteiger partial charge in [0.15, 0.2) is 0 Å². The minimum atomic E-state index is -4.32. The van der Waals surface area contributed by atoms with Crippen LogP contribution >= 0.6 is 12.4 Å². The number of halogens is 4. The summed E-state index contributed by atoms with van der Waals surface area (Å²) < 4.78 is 63.4. The molecule has 1 aromatic carbocycles. The Kier molecular flexibility index (Phi) is 8.02. The third-order valence-corrected chi connectivity index (χ3v) is 5.08. The van der Waals surface area contributed by atoms with E-state index in [1.807, 2.05) is 13.8 Å². The molecule has 0 fully saturated rings. The Morgan fingerprint density at radius 3 is 1.96 bits per heavy atom. The van der Waals surface area contributed by atoms with E-state index in [-0.39, 0.29) is 29.4 Å². The highest BCUT2D eigenvalue weighted by Crippen LogP contribution is 2.22. The van der Waals surface area contributed by atoms with Gasteiger partial charge < -0.3 is 5.73 Å². The van der Waals surface area contributed by atoms with Crippen LogP contribution in [0, 0.1) is 0 Å². The summed E-state index contributed by atoms with van der Waals surface area (Å²) in [6.45, 7) is 3.81. The highest BCUT2D eigenvalue weighted by atomic mass is 35.5. The molecule has 1 rings (SSSR count). The fourth-order valence-corrected chi connectivity index (χ4v) is 2.98. The van der Waals surface area contributed by atoms with Gasteiger partial charge >= 0.3 is 6.18 Å². The molecule has 0 radical (unpaired) electrons. The molecule has 0 aliphatic rings. The highest BCUT2D eigenvalue weighted by molar-refractivity contribution is 7.89. The van der Waals surface area contributed by atoms with Crippen LogP contribution in [0.25, 0.3) is 0 Å². The molecule has 0 saturated heterocycles. The predicted molar refractivity (Wildman–Crippen MR) is 86.1 cm³/mol. The molecule has 0 atom stereocenters. The van der Waals surface area contributed by atoms with E-state index in [1.165, 1.54) is 12.1 Å². The largest absolute Gasteiger partial charge is 0.393 e. The van der Waals surface area contributed by atoms with Crippen molar-refractivity contribution in [3.05, 3.63) is 29.8 Å². The standard InChI is InChI=1S/C14H21F3N2O2S.ClH/c1-3-13(18,4-2)10-19-22(20,21)12-7-5-11(6-8-12)9-14(15,16)17;/h5-8,19H,3-4,9-10,18H2,1-2H3;1H. The first kappa shape index (κ1) is 22.2. The summed E-state index contributed by atoms with van der Waals surface area (Å²) in [5, 5.41) is 0. The van der Waals surface area contributed by atoms with Gasteiger partial charge in [-0.15, -0.1) is 12.4 Å². The van der Waals surface area contributed by atoms with Crippen LogP contribution in [0.2, 0.25) is 0 Å². The molecule has 0 aliphatic heterocycles. The molecular weight excluding hydrogens is 353 g/mol. The fourth-order valence-electron chi connectivity index (χ4n) is 1.84. The first-order valence-electron chi connectivity index (χ1n) is 6.95. The van der Waals surface area contributed by atoms with Crippen LogP contribution in [0.4, 0.5) is 13.2 Å². The Hall–Kier alpha value is -0.830. The summed E-state index contributed by atoms with van der Waals surface area (Å²) in [5.41, 5.74) is 5.40. The summed E-state index contributed by atoms with van der Waals surface area (Å²) >= 11 is 0. The fraction of sp³-hybridized carbons (Fsp3) is 0.571. The first-order valence-corrected chi connectivity index (χ1v) is 8.44. The van der Waals surface area contributed by atoms with Crippen LogP contribution in [0.5, 0.6) is 0 Å². The number of benzene rings is 1. The molecule has 4 nitrogen and oxygen atoms in total. The minimum absolute atomic E-state index is 0. The van der Waals surface area contributed by atoms with Crippen LogP contribution < -0.4 is 10.5 Å². The molecule has 1 aromatic rings. The van der Waals surface area contributed by atoms with Crippen molar-refractivity contribution in [1.82, 2.24) is 4.72 Å². The van der Waals surface area contributed by atoms with E-state index in [1.54, 1.807) is 0 Å². The Morgan fingerprint density at radius 2 is 1.57 bits per heavy atom. The Bertz CT molecular complexity index is 585. The topological polar surface area (TPSA) is 72.2 Å². The first-order chi connectivity index (χ1) is 10.0. The van der Waals surface area contributed by atoms with Gasteiger partial charge in [-0.1, -0.05) is 26.0 Å². The van der Waals surface area contributed by atoms with Crippen molar-refractivity contribution in [2.75, 3.05) is 6.54 Å². The van der Waals surface area contributed by atoms with Gasteiger partial charge in [0, 0.05) is 12.1 Å². The molecular formula is C14H22ClF3N2O2S. The van der Waals surface area contributed by atoms with Gasteiger partial charge in [-0.25, -0.2) is 13.1 Å². The zero-order valence-electron chi connectivity index (χ0n) is 13.0. The van der Waals surface area contributed by atoms with E-state index in [9.17, 15) is 21.6 Å². The number of rotatable bonds is 7. The molecule has 9 heteroatoms. The lowest BCUT2D eigenvalue weighted by Crippen LogP contribution is -2.49. The smallest absolute Gasteiger partial charge is 0.324 e. The lowest BCUT2D eigenvalue weighted by Gasteiger charge is -2.26. The van der Waals surface area contributed by atoms with E-state index in [0.717, 1.165) is 12.1 Å². The zero-order chi connectivity index (χ0) is 17.0. The van der Waals surface area contributed by atoms with Crippen LogP contribution in [0.15, 0.2) is 29.2 Å². The number of alkyl halides is 3. The average molecular weight is 375 g/mol. The van der Waals surface area contributed by atoms with Crippen molar-refractivity contribution in [2.45, 2.75) is 49.7 Å². The maximum Gasteiger partial charge on any atom is 0.393 e. The molecule has 0 bridgehead atoms. The number of sulfonamides is 1. The molecule has 0 spiro atoms. The third-order valence-electron chi connectivity index (χ3n) is 3.66. The highest BCUT2D eigenvalue weighted by Gasteiger charge is 2.28. The Labute approximate surface area is 141 Å². The number of hydrogen-bond acceptors (Lipinski definition) is 3. The molecule has 23 heavy (non-hydrogen) atoms. The lowest BCUT2D eigenvalue weighted by atomic mass is 9.95. The molecule has 0 aliphatic carbocycles. The zero-order valence-corrected chi connectivity index (χ0v) is 14.6. The van der Waals surface area contributed by atoms with Gasteiger partial charge in [0.25, 0.3) is 0 Å². The summed E-state index contributed by atoms with van der Waals surface area (Å²) in [7, 11) is -3.79. The van der Waals surface area contributed by atoms with E-state index >= 15 is 0 Å². The second kappa shape index (κ2) is 8.32. The predicted octanol–water partition coefficient (Wildman–Crippen LogP) is 3.01. The second-order valence-electron chi connectivity index (χ2n) is 5.33. The number of hydrogen-bond donors (Lipinski definition) is 2. The van der Waals surface area contributed by atoms with Crippen molar-refractivity contribution < 1.29 is 21.6 Å². The molecule has 0 amide bonds. The minimum Gasteiger partial charge on any atom is -0.324 e. The van der Waals surface area contributed by atoms with Crippen molar-refractivity contribution >= 4 is 22.4 Å². The monoisotopic (exact) mass is 374 g/mol. The molecule has 0 heterocycles. The summed E-state index contributed by atoms with van der Waals surface area (Å²) in [6.07, 6.45) is -4.19. The van der Waals surface area contributed by atoms with Gasteiger partial charge in [-0.05, 0) is 30.5 Å². The lowest BCUT2D eigenvalue weighted by molar-refractivity contribution is -0.127. The van der Waals surface area contributed by atoms with Gasteiger partial charge in [-0.3, -0.25) is 0 Å². The molecule has 3 N–H and O–H groups in total. The van der Waals surface area contributed by atoms with E-state index in [2.05, 4.69) is 4.72 Å². The molecule has 134 valence electrons. The quantitative estimate of drug-likeness (QED) is 0.770. The van der Waals surface area contributed by atoms with Gasteiger partial charge in [0.05, 0.1) is 11.3 Å². The summed E-state index contributed by atoms with van der Waals surface area (Å²) in [6, 6.07) is 4.66. The van der Waals surface area contributed by atoms with Crippen molar-refractivity contribution in [3.8, 4) is 0 Å². The summed E-state index contributed by atoms with van der Waals surface area (Å²) in [5.74, 6) is 0. The van der Waals surface area contributed by atoms with Crippen LogP contribution in [0.1, 0.15) is 32.3 Å². The van der Waals surface area contributed by atoms with Crippen LogP contribution in [-0.2, 0) is 16.4 Å². The van der Waals surface area contributed by atoms with E-state index < -0.39 is 28.2 Å². The number of nitrogens with two attached hydrogens (primary N) is 1. The maximum atomic E-state index is 12.3. The number of nitrogens with one attached hydrogen (secondary N) is 1. The summed E-state index contributed by atoms with van der Waals surface area (Å²) in [4.78, 5) is -0.0759. The van der Waals surface area contributed by atoms with Gasteiger partial charge in [0.2, 0.25) is 10.0 Å². The van der Waals surface area contributed by atoms with Gasteiger partial charge in [0.1, 0.15) is 0 Å². The van der Waals surface area contributed by atoms with Crippen molar-refractivity contribution in [2.24, 2.45) is 5.73 Å². The third kappa shape index (κ3) is 7.07. The molecule has 0 aromatic heterocycles. The average Bonchev–Trinajstić information content (AvgIpc) is 2.44. The van der Waals surface area contributed by atoms with Crippen molar-refractivity contribution in [3.63, 3.8) is 0 Å². The van der Waals surface area contributed by atoms with Crippen molar-refractivity contribution in [1.29, 1.82) is 0 Å². The Morgan fingerprint density at radius 1 is 1.09 bits per heavy atom. The second-order valence-corrected chi connectivity index (χ2v) is 7.10. The molecule has 0 saturated carbocycles. The Balaban J connectivity index is 0.00000484.